The van der Waals surface area contributed by atoms with Gasteiger partial charge in [0.05, 0.1) is 27.5 Å². The van der Waals surface area contributed by atoms with Crippen molar-refractivity contribution in [2.45, 2.75) is 13.5 Å². The van der Waals surface area contributed by atoms with Gasteiger partial charge < -0.3 is 9.47 Å². The molecule has 1 aliphatic heterocycles. The number of imide groups is 1. The number of halogens is 1. The Balaban J connectivity index is 1.83. The zero-order valence-corrected chi connectivity index (χ0v) is 19.3. The van der Waals surface area contributed by atoms with E-state index in [4.69, 9.17) is 15.9 Å². The maximum Gasteiger partial charge on any atom is 0.293 e. The molecule has 1 aliphatic rings. The second-order valence-electron chi connectivity index (χ2n) is 6.45. The van der Waals surface area contributed by atoms with Gasteiger partial charge in [-0.25, -0.2) is 0 Å². The van der Waals surface area contributed by atoms with E-state index in [0.29, 0.717) is 33.7 Å². The van der Waals surface area contributed by atoms with Gasteiger partial charge in [-0.15, -0.1) is 6.42 Å². The summed E-state index contributed by atoms with van der Waals surface area (Å²) in [7, 11) is 0. The van der Waals surface area contributed by atoms with Crippen LogP contribution in [0.1, 0.15) is 18.1 Å². The molecule has 0 atom stereocenters. The van der Waals surface area contributed by atoms with Crippen LogP contribution < -0.4 is 9.47 Å². The Morgan fingerprint density at radius 2 is 1.97 bits per heavy atom. The fourth-order valence-corrected chi connectivity index (χ4v) is 4.29. The number of amides is 2. The van der Waals surface area contributed by atoms with Crippen LogP contribution in [-0.4, -0.2) is 34.2 Å². The van der Waals surface area contributed by atoms with E-state index in [1.807, 2.05) is 6.92 Å². The van der Waals surface area contributed by atoms with E-state index in [1.54, 1.807) is 18.2 Å². The van der Waals surface area contributed by atoms with Gasteiger partial charge in [-0.3, -0.25) is 24.6 Å². The monoisotopic (exact) mass is 516 g/mol. The van der Waals surface area contributed by atoms with Crippen molar-refractivity contribution < 1.29 is 24.0 Å². The number of hydrogen-bond donors (Lipinski definition) is 0. The molecule has 0 bridgehead atoms. The molecule has 1 heterocycles. The normalized spacial score (nSPS) is 14.5. The van der Waals surface area contributed by atoms with Crippen molar-refractivity contribution in [1.29, 1.82) is 0 Å². The third-order valence-electron chi connectivity index (χ3n) is 4.29. The van der Waals surface area contributed by atoms with Crippen molar-refractivity contribution in [3.63, 3.8) is 0 Å². The highest BCUT2D eigenvalue weighted by Crippen LogP contribution is 2.39. The summed E-state index contributed by atoms with van der Waals surface area (Å²) in [6.45, 7) is 2.31. The summed E-state index contributed by atoms with van der Waals surface area (Å²) < 4.78 is 11.8. The number of rotatable bonds is 8. The first kappa shape index (κ1) is 23.4. The Morgan fingerprint density at radius 3 is 2.59 bits per heavy atom. The van der Waals surface area contributed by atoms with E-state index in [-0.39, 0.29) is 23.7 Å². The Labute approximate surface area is 196 Å². The molecule has 0 aromatic heterocycles. The zero-order valence-electron chi connectivity index (χ0n) is 16.9. The minimum atomic E-state index is -0.510. The van der Waals surface area contributed by atoms with Crippen molar-refractivity contribution in [3.05, 3.63) is 67.0 Å². The summed E-state index contributed by atoms with van der Waals surface area (Å²) in [4.78, 5) is 36.9. The van der Waals surface area contributed by atoms with Gasteiger partial charge in [0, 0.05) is 12.1 Å². The van der Waals surface area contributed by atoms with Crippen LogP contribution in [0.4, 0.5) is 10.5 Å². The molecule has 10 heteroatoms. The number of nitro groups is 1. The van der Waals surface area contributed by atoms with Gasteiger partial charge in [0.25, 0.3) is 16.8 Å². The Hall–Kier alpha value is -3.29. The zero-order chi connectivity index (χ0) is 23.3. The lowest BCUT2D eigenvalue weighted by molar-refractivity contribution is -0.384. The molecule has 2 aromatic rings. The van der Waals surface area contributed by atoms with Crippen molar-refractivity contribution >= 4 is 50.6 Å². The Bertz CT molecular complexity index is 1140. The fourth-order valence-electron chi connectivity index (χ4n) is 2.88. The third-order valence-corrected chi connectivity index (χ3v) is 5.79. The van der Waals surface area contributed by atoms with Gasteiger partial charge in [-0.1, -0.05) is 18.1 Å². The minimum Gasteiger partial charge on any atom is -0.490 e. The van der Waals surface area contributed by atoms with Crippen molar-refractivity contribution in [3.8, 4) is 23.8 Å². The molecule has 2 aromatic carbocycles. The average molecular weight is 517 g/mol. The molecule has 0 spiro atoms. The van der Waals surface area contributed by atoms with Crippen LogP contribution in [0.15, 0.2) is 45.8 Å². The molecule has 2 amide bonds. The molecule has 0 radical (unpaired) electrons. The molecule has 0 unspecified atom stereocenters. The van der Waals surface area contributed by atoms with Gasteiger partial charge in [-0.05, 0) is 64.0 Å². The molecular formula is C22H17BrN2O6S. The molecular weight excluding hydrogens is 500 g/mol. The predicted octanol–water partition coefficient (Wildman–Crippen LogP) is 5.00. The summed E-state index contributed by atoms with van der Waals surface area (Å²) in [5, 5.41) is 10.4. The quantitative estimate of drug-likeness (QED) is 0.210. The predicted molar refractivity (Wildman–Crippen MR) is 124 cm³/mol. The number of non-ortho nitro benzene ring substituents is 1. The molecule has 0 N–H and O–H groups in total. The van der Waals surface area contributed by atoms with E-state index in [9.17, 15) is 19.7 Å². The highest BCUT2D eigenvalue weighted by Gasteiger charge is 2.35. The lowest BCUT2D eigenvalue weighted by Crippen LogP contribution is -2.27. The molecule has 164 valence electrons. The first-order chi connectivity index (χ1) is 15.3. The number of hydrogen-bond acceptors (Lipinski definition) is 7. The van der Waals surface area contributed by atoms with Gasteiger partial charge >= 0.3 is 0 Å². The molecule has 0 aliphatic carbocycles. The SMILES string of the molecule is C#CCOc1c(Br)cc(/C=C2\SC(=O)N(Cc3ccc([N+](=O)[O-])cc3)C2=O)cc1OCC. The average Bonchev–Trinajstić information content (AvgIpc) is 3.01. The van der Waals surface area contributed by atoms with Crippen LogP contribution in [0.2, 0.25) is 0 Å². The molecule has 1 fully saturated rings. The van der Waals surface area contributed by atoms with E-state index >= 15 is 0 Å². The standard InChI is InChI=1S/C22H17BrN2O6S/c1-3-9-31-20-17(23)10-15(11-18(20)30-4-2)12-19-21(26)24(22(27)32-19)13-14-5-7-16(8-6-14)25(28)29/h1,5-8,10-12H,4,9,13H2,2H3/b19-12-. The van der Waals surface area contributed by atoms with Crippen LogP contribution >= 0.6 is 27.7 Å². The smallest absolute Gasteiger partial charge is 0.293 e. The summed E-state index contributed by atoms with van der Waals surface area (Å²) in [6.07, 6.45) is 6.86. The molecule has 32 heavy (non-hydrogen) atoms. The van der Waals surface area contributed by atoms with Crippen LogP contribution in [-0.2, 0) is 11.3 Å². The summed E-state index contributed by atoms with van der Waals surface area (Å²) >= 11 is 4.25. The van der Waals surface area contributed by atoms with E-state index in [1.165, 1.54) is 24.3 Å². The molecule has 8 nitrogen and oxygen atoms in total. The van der Waals surface area contributed by atoms with Crippen molar-refractivity contribution in [2.75, 3.05) is 13.2 Å². The van der Waals surface area contributed by atoms with Crippen LogP contribution in [0.25, 0.3) is 6.08 Å². The largest absolute Gasteiger partial charge is 0.490 e. The summed E-state index contributed by atoms with van der Waals surface area (Å²) in [5.74, 6) is 2.86. The third kappa shape index (κ3) is 5.30. The lowest BCUT2D eigenvalue weighted by atomic mass is 10.1. The maximum absolute atomic E-state index is 12.8. The molecule has 1 saturated heterocycles. The van der Waals surface area contributed by atoms with Gasteiger partial charge in [0.1, 0.15) is 6.61 Å². The first-order valence-corrected chi connectivity index (χ1v) is 11.0. The van der Waals surface area contributed by atoms with Crippen LogP contribution in [0.5, 0.6) is 11.5 Å². The first-order valence-electron chi connectivity index (χ1n) is 9.35. The van der Waals surface area contributed by atoms with Gasteiger partial charge in [0.2, 0.25) is 0 Å². The van der Waals surface area contributed by atoms with E-state index < -0.39 is 16.1 Å². The van der Waals surface area contributed by atoms with Gasteiger partial charge in [0.15, 0.2) is 11.5 Å². The fraction of sp³-hybridized carbons (Fsp3) is 0.182. The second-order valence-corrected chi connectivity index (χ2v) is 8.29. The number of ether oxygens (including phenoxy) is 2. The lowest BCUT2D eigenvalue weighted by Gasteiger charge is -2.13. The number of carbonyl (C=O) groups excluding carboxylic acids is 2. The number of terminal acetylenes is 1. The van der Waals surface area contributed by atoms with Gasteiger partial charge in [-0.2, -0.15) is 0 Å². The van der Waals surface area contributed by atoms with E-state index in [2.05, 4.69) is 21.9 Å². The number of thioether (sulfide) groups is 1. The summed E-state index contributed by atoms with van der Waals surface area (Å²) in [6, 6.07) is 9.14. The number of carbonyl (C=O) groups is 2. The second kappa shape index (κ2) is 10.3. The van der Waals surface area contributed by atoms with E-state index in [0.717, 1.165) is 16.7 Å². The maximum atomic E-state index is 12.8. The van der Waals surface area contributed by atoms with Crippen LogP contribution in [0, 0.1) is 22.5 Å². The van der Waals surface area contributed by atoms with Crippen LogP contribution in [0.3, 0.4) is 0 Å². The highest BCUT2D eigenvalue weighted by atomic mass is 79.9. The Kier molecular flexibility index (Phi) is 7.56. The number of nitrogens with zero attached hydrogens (tertiary/aromatic N) is 2. The minimum absolute atomic E-state index is 0.0206. The molecule has 0 saturated carbocycles. The topological polar surface area (TPSA) is 99.0 Å². The highest BCUT2D eigenvalue weighted by molar-refractivity contribution is 9.10. The molecule has 3 rings (SSSR count). The Morgan fingerprint density at radius 1 is 1.25 bits per heavy atom. The number of nitro benzene ring substituents is 1. The van der Waals surface area contributed by atoms with Crippen molar-refractivity contribution in [1.82, 2.24) is 4.90 Å². The summed E-state index contributed by atoms with van der Waals surface area (Å²) in [5.41, 5.74) is 1.18. The van der Waals surface area contributed by atoms with Crippen molar-refractivity contribution in [2.24, 2.45) is 0 Å². The number of benzene rings is 2.